The second kappa shape index (κ2) is 4.33. The third-order valence-corrected chi connectivity index (χ3v) is 2.92. The molecule has 1 unspecified atom stereocenters. The molecule has 5 heteroatoms. The zero-order chi connectivity index (χ0) is 13.3. The van der Waals surface area contributed by atoms with Crippen LogP contribution in [0.3, 0.4) is 0 Å². The van der Waals surface area contributed by atoms with Gasteiger partial charge in [-0.05, 0) is 26.0 Å². The predicted molar refractivity (Wildman–Crippen MR) is 65.5 cm³/mol. The maximum absolute atomic E-state index is 12.2. The first kappa shape index (κ1) is 12.4. The van der Waals surface area contributed by atoms with E-state index in [1.807, 2.05) is 0 Å². The van der Waals surface area contributed by atoms with Gasteiger partial charge in [-0.2, -0.15) is 0 Å². The molecule has 0 aromatic heterocycles. The first-order chi connectivity index (χ1) is 8.50. The third-order valence-electron chi connectivity index (χ3n) is 2.92. The van der Waals surface area contributed by atoms with Crippen LogP contribution in [-0.2, 0) is 14.3 Å². The van der Waals surface area contributed by atoms with Crippen LogP contribution < -0.4 is 9.64 Å². The molecule has 18 heavy (non-hydrogen) atoms. The third kappa shape index (κ3) is 1.72. The minimum Gasteiger partial charge on any atom is -0.464 e. The van der Waals surface area contributed by atoms with Crippen molar-refractivity contribution in [2.45, 2.75) is 19.4 Å². The molecule has 1 aromatic rings. The van der Waals surface area contributed by atoms with Crippen molar-refractivity contribution >= 4 is 17.6 Å². The molecule has 0 bridgehead atoms. The monoisotopic (exact) mass is 249 g/mol. The Balaban J connectivity index is 2.43. The molecule has 0 N–H and O–H groups in total. The predicted octanol–water partition coefficient (Wildman–Crippen LogP) is 1.36. The van der Waals surface area contributed by atoms with Gasteiger partial charge in [0.25, 0.3) is 11.5 Å². The lowest BCUT2D eigenvalue weighted by atomic mass is 10.0. The molecule has 96 valence electrons. The Kier molecular flexibility index (Phi) is 2.98. The maximum Gasteiger partial charge on any atom is 0.360 e. The number of hydrogen-bond acceptors (Lipinski definition) is 4. The number of esters is 1. The molecule has 5 nitrogen and oxygen atoms in total. The van der Waals surface area contributed by atoms with Gasteiger partial charge >= 0.3 is 5.97 Å². The number of para-hydroxylation sites is 2. The number of rotatable bonds is 2. The molecule has 1 atom stereocenters. The van der Waals surface area contributed by atoms with Gasteiger partial charge in [0.2, 0.25) is 0 Å². The van der Waals surface area contributed by atoms with E-state index >= 15 is 0 Å². The van der Waals surface area contributed by atoms with Crippen molar-refractivity contribution in [2.24, 2.45) is 0 Å². The number of hydrogen-bond donors (Lipinski definition) is 0. The van der Waals surface area contributed by atoms with E-state index < -0.39 is 17.5 Å². The number of amides is 1. The van der Waals surface area contributed by atoms with Crippen LogP contribution in [0.5, 0.6) is 5.75 Å². The molecule has 0 aliphatic carbocycles. The van der Waals surface area contributed by atoms with E-state index in [0.29, 0.717) is 11.4 Å². The minimum absolute atomic E-state index is 0.205. The summed E-state index contributed by atoms with van der Waals surface area (Å²) in [5.74, 6) is -0.605. The minimum atomic E-state index is -1.61. The Morgan fingerprint density at radius 3 is 2.78 bits per heavy atom. The van der Waals surface area contributed by atoms with Crippen LogP contribution in [0.4, 0.5) is 5.69 Å². The number of benzene rings is 1. The normalized spacial score (nSPS) is 22.2. The van der Waals surface area contributed by atoms with E-state index in [1.54, 1.807) is 38.2 Å². The molecule has 2 rings (SSSR count). The van der Waals surface area contributed by atoms with Crippen LogP contribution in [0.1, 0.15) is 13.8 Å². The van der Waals surface area contributed by atoms with Gasteiger partial charge in [0.05, 0.1) is 12.3 Å². The van der Waals surface area contributed by atoms with Gasteiger partial charge in [-0.1, -0.05) is 12.1 Å². The van der Waals surface area contributed by atoms with Crippen molar-refractivity contribution in [1.29, 1.82) is 0 Å². The summed E-state index contributed by atoms with van der Waals surface area (Å²) in [6.45, 7) is 3.32. The van der Waals surface area contributed by atoms with Gasteiger partial charge in [-0.3, -0.25) is 4.79 Å². The van der Waals surface area contributed by atoms with Crippen LogP contribution in [-0.4, -0.2) is 31.1 Å². The topological polar surface area (TPSA) is 55.8 Å². The molecule has 1 aliphatic rings. The fraction of sp³-hybridized carbons (Fsp3) is 0.385. The number of likely N-dealkylation sites (N-methyl/N-ethyl adjacent to an activating group) is 1. The van der Waals surface area contributed by atoms with Crippen LogP contribution in [0.15, 0.2) is 24.3 Å². The first-order valence-corrected chi connectivity index (χ1v) is 5.74. The fourth-order valence-electron chi connectivity index (χ4n) is 1.91. The average molecular weight is 249 g/mol. The van der Waals surface area contributed by atoms with Gasteiger partial charge in [-0.25, -0.2) is 4.79 Å². The number of fused-ring (bicyclic) bond motifs is 1. The second-order valence-corrected chi connectivity index (χ2v) is 4.19. The van der Waals surface area contributed by atoms with Crippen LogP contribution in [0, 0.1) is 0 Å². The highest BCUT2D eigenvalue weighted by Crippen LogP contribution is 2.37. The smallest absolute Gasteiger partial charge is 0.360 e. The summed E-state index contributed by atoms with van der Waals surface area (Å²) in [6, 6.07) is 7.07. The fourth-order valence-corrected chi connectivity index (χ4v) is 1.91. The number of carbonyl (C=O) groups excluding carboxylic acids is 2. The highest BCUT2D eigenvalue weighted by atomic mass is 16.6. The second-order valence-electron chi connectivity index (χ2n) is 4.19. The summed E-state index contributed by atoms with van der Waals surface area (Å²) in [7, 11) is 1.61. The van der Waals surface area contributed by atoms with E-state index in [1.165, 1.54) is 11.8 Å². The Morgan fingerprint density at radius 1 is 1.44 bits per heavy atom. The quantitative estimate of drug-likeness (QED) is 0.586. The summed E-state index contributed by atoms with van der Waals surface area (Å²) in [5, 5.41) is 0. The number of ether oxygens (including phenoxy) is 2. The summed E-state index contributed by atoms with van der Waals surface area (Å²) in [4.78, 5) is 25.5. The largest absolute Gasteiger partial charge is 0.464 e. The molecular formula is C13H15NO4. The molecule has 0 fully saturated rings. The lowest BCUT2D eigenvalue weighted by molar-refractivity contribution is -0.166. The molecule has 0 radical (unpaired) electrons. The van der Waals surface area contributed by atoms with Crippen molar-refractivity contribution in [3.05, 3.63) is 24.3 Å². The average Bonchev–Trinajstić information content (AvgIpc) is 2.36. The lowest BCUT2D eigenvalue weighted by Crippen LogP contribution is -2.58. The highest BCUT2D eigenvalue weighted by molar-refractivity contribution is 6.14. The van der Waals surface area contributed by atoms with Crippen molar-refractivity contribution in [2.75, 3.05) is 18.6 Å². The van der Waals surface area contributed by atoms with Crippen molar-refractivity contribution in [3.8, 4) is 5.75 Å². The van der Waals surface area contributed by atoms with Crippen LogP contribution >= 0.6 is 0 Å². The van der Waals surface area contributed by atoms with E-state index in [2.05, 4.69) is 0 Å². The zero-order valence-electron chi connectivity index (χ0n) is 10.6. The van der Waals surface area contributed by atoms with E-state index in [0.717, 1.165) is 0 Å². The Morgan fingerprint density at radius 2 is 2.11 bits per heavy atom. The molecule has 1 aromatic carbocycles. The van der Waals surface area contributed by atoms with Gasteiger partial charge < -0.3 is 14.4 Å². The van der Waals surface area contributed by atoms with Gasteiger partial charge in [0.15, 0.2) is 0 Å². The molecule has 0 spiro atoms. The van der Waals surface area contributed by atoms with E-state index in [-0.39, 0.29) is 6.61 Å². The molecule has 1 aliphatic heterocycles. The van der Waals surface area contributed by atoms with Crippen molar-refractivity contribution in [3.63, 3.8) is 0 Å². The van der Waals surface area contributed by atoms with Gasteiger partial charge in [0, 0.05) is 7.05 Å². The Hall–Kier alpha value is -2.04. The summed E-state index contributed by atoms with van der Waals surface area (Å²) in [6.07, 6.45) is 0. The molecule has 1 amide bonds. The van der Waals surface area contributed by atoms with E-state index in [9.17, 15) is 9.59 Å². The highest BCUT2D eigenvalue weighted by Gasteiger charge is 2.50. The first-order valence-electron chi connectivity index (χ1n) is 5.74. The van der Waals surface area contributed by atoms with E-state index in [4.69, 9.17) is 9.47 Å². The summed E-state index contributed by atoms with van der Waals surface area (Å²) < 4.78 is 10.5. The Bertz CT molecular complexity index is 500. The zero-order valence-corrected chi connectivity index (χ0v) is 10.6. The number of nitrogens with zero attached hydrogens (tertiary/aromatic N) is 1. The maximum atomic E-state index is 12.2. The van der Waals surface area contributed by atoms with Crippen LogP contribution in [0.2, 0.25) is 0 Å². The Labute approximate surface area is 105 Å². The molecule has 0 saturated carbocycles. The van der Waals surface area contributed by atoms with Crippen LogP contribution in [0.25, 0.3) is 0 Å². The summed E-state index contributed by atoms with van der Waals surface area (Å²) in [5.41, 5.74) is -0.969. The molecule has 1 heterocycles. The number of carbonyl (C=O) groups is 2. The lowest BCUT2D eigenvalue weighted by Gasteiger charge is -2.37. The van der Waals surface area contributed by atoms with Crippen molar-refractivity contribution < 1.29 is 19.1 Å². The molecular weight excluding hydrogens is 234 g/mol. The SMILES string of the molecule is CCOC(=O)C1(C)Oc2ccccc2N(C)C1=O. The van der Waals surface area contributed by atoms with Gasteiger partial charge in [-0.15, -0.1) is 0 Å². The van der Waals surface area contributed by atoms with Crippen molar-refractivity contribution in [1.82, 2.24) is 0 Å². The molecule has 0 saturated heterocycles. The summed E-state index contributed by atoms with van der Waals surface area (Å²) >= 11 is 0. The number of anilines is 1. The van der Waals surface area contributed by atoms with Gasteiger partial charge in [0.1, 0.15) is 5.75 Å². The standard InChI is InChI=1S/C13H15NO4/c1-4-17-12(16)13(2)11(15)14(3)9-7-5-6-8-10(9)18-13/h5-8H,4H2,1-3H3.